The zero-order valence-electron chi connectivity index (χ0n) is 14.8. The van der Waals surface area contributed by atoms with E-state index < -0.39 is 18.1 Å². The summed E-state index contributed by atoms with van der Waals surface area (Å²) in [6.45, 7) is 0.213. The monoisotopic (exact) mass is 424 g/mol. The summed E-state index contributed by atoms with van der Waals surface area (Å²) in [6, 6.07) is 7.52. The van der Waals surface area contributed by atoms with Crippen LogP contribution < -0.4 is 14.9 Å². The van der Waals surface area contributed by atoms with Crippen LogP contribution in [0.5, 0.6) is 11.5 Å². The van der Waals surface area contributed by atoms with Crippen molar-refractivity contribution in [2.24, 2.45) is 5.10 Å². The number of nitrogens with one attached hydrogen (secondary N) is 1. The molecule has 0 aliphatic rings. The molecule has 0 bridgehead atoms. The smallest absolute Gasteiger partial charge is 0.462 e. The van der Waals surface area contributed by atoms with Gasteiger partial charge in [0, 0.05) is 0 Å². The minimum atomic E-state index is -6.44. The molecule has 0 saturated carbocycles. The van der Waals surface area contributed by atoms with Crippen LogP contribution in [0.3, 0.4) is 0 Å². The first kappa shape index (κ1) is 22.3. The summed E-state index contributed by atoms with van der Waals surface area (Å²) in [5.74, 6) is -5.82. The number of hydrogen-bond acceptors (Lipinski definition) is 4. The highest BCUT2D eigenvalue weighted by Gasteiger charge is 2.73. The number of halogens is 7. The third-order valence-electron chi connectivity index (χ3n) is 3.59. The molecule has 0 unspecified atom stereocenters. The largest absolute Gasteiger partial charge is 0.493 e. The van der Waals surface area contributed by atoms with E-state index in [0.717, 1.165) is 5.56 Å². The van der Waals surface area contributed by atoms with E-state index in [0.29, 0.717) is 17.4 Å². The Morgan fingerprint density at radius 3 is 2.17 bits per heavy atom. The van der Waals surface area contributed by atoms with E-state index >= 15 is 0 Å². The predicted molar refractivity (Wildman–Crippen MR) is 90.4 cm³/mol. The number of hydrogen-bond donors (Lipinski definition) is 1. The maximum absolute atomic E-state index is 13.1. The minimum absolute atomic E-state index is 0.0903. The molecule has 0 radical (unpaired) electrons. The molecule has 11 heteroatoms. The maximum atomic E-state index is 13.1. The van der Waals surface area contributed by atoms with Crippen LogP contribution in [0.1, 0.15) is 11.1 Å². The van der Waals surface area contributed by atoms with Crippen LogP contribution in [0, 0.1) is 0 Å². The second-order valence-electron chi connectivity index (χ2n) is 5.70. The van der Waals surface area contributed by atoms with E-state index in [1.807, 2.05) is 30.3 Å². The van der Waals surface area contributed by atoms with Crippen molar-refractivity contribution in [1.29, 1.82) is 0 Å². The standard InChI is InChI=1S/C18H15F7N2O2/c1-28-15-9-13(7-8-14(15)29-11-12-5-3-2-4-6-12)10-26-27-18(24,25)16(19,20)17(21,22)23/h2-10,27H,11H2,1H3/b26-10+. The number of alkyl halides is 7. The Morgan fingerprint density at radius 1 is 0.931 bits per heavy atom. The first-order chi connectivity index (χ1) is 13.5. The number of methoxy groups -OCH3 is 1. The van der Waals surface area contributed by atoms with Gasteiger partial charge >= 0.3 is 18.1 Å². The van der Waals surface area contributed by atoms with E-state index in [4.69, 9.17) is 9.47 Å². The first-order valence-electron chi connectivity index (χ1n) is 7.95. The molecule has 29 heavy (non-hydrogen) atoms. The molecule has 2 aromatic carbocycles. The van der Waals surface area contributed by atoms with Gasteiger partial charge in [0.15, 0.2) is 11.5 Å². The molecule has 2 rings (SSSR count). The molecule has 2 aromatic rings. The Hall–Kier alpha value is -2.98. The zero-order valence-corrected chi connectivity index (χ0v) is 14.8. The molecular weight excluding hydrogens is 409 g/mol. The fourth-order valence-corrected chi connectivity index (χ4v) is 2.06. The molecule has 0 aliphatic carbocycles. The summed E-state index contributed by atoms with van der Waals surface area (Å²) in [6.07, 6.45) is -5.80. The molecule has 0 fully saturated rings. The van der Waals surface area contributed by atoms with Gasteiger partial charge in [-0.05, 0) is 29.3 Å². The molecule has 0 heterocycles. The van der Waals surface area contributed by atoms with E-state index in [1.165, 1.54) is 25.3 Å². The summed E-state index contributed by atoms with van der Waals surface area (Å²) in [7, 11) is 1.31. The molecule has 158 valence electrons. The molecule has 1 N–H and O–H groups in total. The summed E-state index contributed by atoms with van der Waals surface area (Å²) in [5.41, 5.74) is 1.51. The molecular formula is C18H15F7N2O2. The van der Waals surface area contributed by atoms with Gasteiger partial charge < -0.3 is 9.47 Å². The fraction of sp³-hybridized carbons (Fsp3) is 0.278. The Bertz CT molecular complexity index is 840. The highest BCUT2D eigenvalue weighted by molar-refractivity contribution is 5.80. The SMILES string of the molecule is COc1cc(/C=N/NC(F)(F)C(F)(F)C(F)(F)F)ccc1OCc1ccccc1. The summed E-state index contributed by atoms with van der Waals surface area (Å²) in [4.78, 5) is 0. The predicted octanol–water partition coefficient (Wildman–Crippen LogP) is 4.99. The normalized spacial score (nSPS) is 12.8. The van der Waals surface area contributed by atoms with Crippen molar-refractivity contribution in [3.63, 3.8) is 0 Å². The lowest BCUT2D eigenvalue weighted by Crippen LogP contribution is -2.58. The quantitative estimate of drug-likeness (QED) is 0.281. The van der Waals surface area contributed by atoms with E-state index in [1.54, 1.807) is 0 Å². The Morgan fingerprint density at radius 2 is 1.59 bits per heavy atom. The topological polar surface area (TPSA) is 42.8 Å². The van der Waals surface area contributed by atoms with Gasteiger partial charge in [-0.15, -0.1) is 0 Å². The lowest BCUT2D eigenvalue weighted by atomic mass is 10.2. The van der Waals surface area contributed by atoms with E-state index in [-0.39, 0.29) is 17.9 Å². The van der Waals surface area contributed by atoms with Gasteiger partial charge in [-0.25, -0.2) is 5.43 Å². The zero-order chi connectivity index (χ0) is 21.7. The average molecular weight is 424 g/mol. The van der Waals surface area contributed by atoms with Crippen LogP contribution in [0.4, 0.5) is 30.7 Å². The van der Waals surface area contributed by atoms with Crippen molar-refractivity contribution in [1.82, 2.24) is 5.43 Å². The molecule has 0 aliphatic heterocycles. The molecule has 0 saturated heterocycles. The van der Waals surface area contributed by atoms with Crippen LogP contribution in [0.15, 0.2) is 53.6 Å². The first-order valence-corrected chi connectivity index (χ1v) is 7.95. The lowest BCUT2D eigenvalue weighted by Gasteiger charge is -2.27. The van der Waals surface area contributed by atoms with Gasteiger partial charge in [0.05, 0.1) is 13.3 Å². The number of ether oxygens (including phenoxy) is 2. The van der Waals surface area contributed by atoms with Crippen molar-refractivity contribution < 1.29 is 40.2 Å². The van der Waals surface area contributed by atoms with Gasteiger partial charge in [-0.2, -0.15) is 35.8 Å². The average Bonchev–Trinajstić information content (AvgIpc) is 2.66. The van der Waals surface area contributed by atoms with Crippen molar-refractivity contribution in [3.8, 4) is 11.5 Å². The number of benzene rings is 2. The van der Waals surface area contributed by atoms with E-state index in [2.05, 4.69) is 5.10 Å². The Labute approximate surface area is 160 Å². The third kappa shape index (κ3) is 5.30. The second kappa shape index (κ2) is 8.58. The van der Waals surface area contributed by atoms with E-state index in [9.17, 15) is 30.7 Å². The fourth-order valence-electron chi connectivity index (χ4n) is 2.06. The highest BCUT2D eigenvalue weighted by Crippen LogP contribution is 2.45. The van der Waals surface area contributed by atoms with Gasteiger partial charge in [0.25, 0.3) is 0 Å². The van der Waals surface area contributed by atoms with Crippen molar-refractivity contribution in [3.05, 3.63) is 59.7 Å². The Kier molecular flexibility index (Phi) is 6.60. The van der Waals surface area contributed by atoms with Gasteiger partial charge in [0.1, 0.15) is 6.61 Å². The molecule has 4 nitrogen and oxygen atoms in total. The van der Waals surface area contributed by atoms with Crippen molar-refractivity contribution in [2.75, 3.05) is 7.11 Å². The van der Waals surface area contributed by atoms with Crippen LogP contribution >= 0.6 is 0 Å². The summed E-state index contributed by atoms with van der Waals surface area (Å²) < 4.78 is 98.7. The summed E-state index contributed by atoms with van der Waals surface area (Å²) in [5, 5.41) is 2.79. The van der Waals surface area contributed by atoms with Crippen LogP contribution in [-0.2, 0) is 6.61 Å². The number of rotatable bonds is 8. The van der Waals surface area contributed by atoms with Gasteiger partial charge in [0.2, 0.25) is 0 Å². The maximum Gasteiger partial charge on any atom is 0.462 e. The molecule has 0 aromatic heterocycles. The van der Waals surface area contributed by atoms with Crippen LogP contribution in [-0.4, -0.2) is 31.5 Å². The van der Waals surface area contributed by atoms with Crippen LogP contribution in [0.2, 0.25) is 0 Å². The van der Waals surface area contributed by atoms with Gasteiger partial charge in [-0.1, -0.05) is 30.3 Å². The molecule has 0 spiro atoms. The summed E-state index contributed by atoms with van der Waals surface area (Å²) >= 11 is 0. The van der Waals surface area contributed by atoms with Crippen molar-refractivity contribution in [2.45, 2.75) is 24.8 Å². The highest BCUT2D eigenvalue weighted by atomic mass is 19.4. The van der Waals surface area contributed by atoms with Gasteiger partial charge in [-0.3, -0.25) is 0 Å². The second-order valence-corrected chi connectivity index (χ2v) is 5.70. The van der Waals surface area contributed by atoms with Crippen LogP contribution in [0.25, 0.3) is 0 Å². The third-order valence-corrected chi connectivity index (χ3v) is 3.59. The number of nitrogens with zero attached hydrogens (tertiary/aromatic N) is 1. The molecule has 0 atom stereocenters. The lowest BCUT2D eigenvalue weighted by molar-refractivity contribution is -0.361. The molecule has 0 amide bonds. The van der Waals surface area contributed by atoms with Crippen molar-refractivity contribution >= 4 is 6.21 Å². The Balaban J connectivity index is 2.08. The minimum Gasteiger partial charge on any atom is -0.493 e. The number of hydrazone groups is 1.